The maximum absolute atomic E-state index is 12.3. The highest BCUT2D eigenvalue weighted by molar-refractivity contribution is 8.00. The van der Waals surface area contributed by atoms with E-state index < -0.39 is 0 Å². The van der Waals surface area contributed by atoms with Gasteiger partial charge in [0.25, 0.3) is 0 Å². The van der Waals surface area contributed by atoms with Crippen LogP contribution in [-0.4, -0.2) is 21.6 Å². The van der Waals surface area contributed by atoms with Crippen molar-refractivity contribution in [3.63, 3.8) is 0 Å². The number of carbonyl (C=O) groups excluding carboxylic acids is 1. The van der Waals surface area contributed by atoms with Crippen molar-refractivity contribution in [1.29, 1.82) is 0 Å². The molecule has 4 nitrogen and oxygen atoms in total. The van der Waals surface area contributed by atoms with Gasteiger partial charge in [-0.05, 0) is 49.4 Å². The Hall–Kier alpha value is -1.63. The van der Waals surface area contributed by atoms with E-state index in [-0.39, 0.29) is 5.91 Å². The zero-order valence-electron chi connectivity index (χ0n) is 14.3. The molecule has 1 N–H and O–H groups in total. The van der Waals surface area contributed by atoms with Crippen molar-refractivity contribution >= 4 is 50.8 Å². The van der Waals surface area contributed by atoms with Gasteiger partial charge in [-0.25, -0.2) is 9.97 Å². The number of rotatable bonds is 5. The molecule has 1 amide bonds. The summed E-state index contributed by atoms with van der Waals surface area (Å²) in [7, 11) is 0. The smallest absolute Gasteiger partial charge is 0.230 e. The van der Waals surface area contributed by atoms with Gasteiger partial charge >= 0.3 is 0 Å². The minimum atomic E-state index is 0.00115. The van der Waals surface area contributed by atoms with E-state index in [1.165, 1.54) is 34.0 Å². The quantitative estimate of drug-likeness (QED) is 0.501. The minimum Gasteiger partial charge on any atom is -0.351 e. The molecule has 2 heterocycles. The molecule has 0 radical (unpaired) electrons. The lowest BCUT2D eigenvalue weighted by Crippen LogP contribution is -2.24. The van der Waals surface area contributed by atoms with Crippen molar-refractivity contribution in [2.75, 3.05) is 5.75 Å². The monoisotopic (exact) mass is 403 g/mol. The van der Waals surface area contributed by atoms with Crippen LogP contribution in [0.25, 0.3) is 10.2 Å². The number of aromatic nitrogens is 2. The molecule has 26 heavy (non-hydrogen) atoms. The highest BCUT2D eigenvalue weighted by Gasteiger charge is 2.22. The van der Waals surface area contributed by atoms with Gasteiger partial charge in [0, 0.05) is 21.8 Å². The van der Waals surface area contributed by atoms with E-state index in [1.807, 2.05) is 31.2 Å². The average Bonchev–Trinajstić information content (AvgIpc) is 3.19. The van der Waals surface area contributed by atoms with Gasteiger partial charge in [0.2, 0.25) is 5.91 Å². The largest absolute Gasteiger partial charge is 0.351 e. The predicted octanol–water partition coefficient (Wildman–Crippen LogP) is 4.55. The summed E-state index contributed by atoms with van der Waals surface area (Å²) in [5.41, 5.74) is 2.43. The third-order valence-corrected chi connectivity index (χ3v) is 6.80. The van der Waals surface area contributed by atoms with Gasteiger partial charge < -0.3 is 5.32 Å². The first-order chi connectivity index (χ1) is 12.6. The van der Waals surface area contributed by atoms with Gasteiger partial charge in [-0.15, -0.1) is 11.3 Å². The Morgan fingerprint density at radius 1 is 1.27 bits per heavy atom. The molecule has 134 valence electrons. The third kappa shape index (κ3) is 3.72. The lowest BCUT2D eigenvalue weighted by molar-refractivity contribution is -0.118. The molecule has 0 fully saturated rings. The van der Waals surface area contributed by atoms with Gasteiger partial charge in [-0.3, -0.25) is 4.79 Å². The van der Waals surface area contributed by atoms with Crippen LogP contribution in [0.1, 0.15) is 28.2 Å². The number of thioether (sulfide) groups is 1. The van der Waals surface area contributed by atoms with E-state index in [9.17, 15) is 4.79 Å². The van der Waals surface area contributed by atoms with Crippen molar-refractivity contribution in [3.05, 3.63) is 51.1 Å². The van der Waals surface area contributed by atoms with Gasteiger partial charge in [-0.2, -0.15) is 0 Å². The molecule has 3 aromatic rings. The van der Waals surface area contributed by atoms with Crippen LogP contribution in [0.15, 0.2) is 29.3 Å². The Balaban J connectivity index is 1.44. The SMILES string of the molecule is Cc1nc(SCC(=O)NCc2ccc(Cl)cc2)c2c3c(sc2n1)CCC3. The Morgan fingerprint density at radius 3 is 2.88 bits per heavy atom. The number of thiophene rings is 1. The Kier molecular flexibility index (Phi) is 5.16. The van der Waals surface area contributed by atoms with Crippen molar-refractivity contribution in [2.45, 2.75) is 37.8 Å². The molecule has 4 rings (SSSR count). The average molecular weight is 404 g/mol. The van der Waals surface area contributed by atoms with Crippen LogP contribution in [-0.2, 0) is 24.2 Å². The molecule has 1 aromatic carbocycles. The van der Waals surface area contributed by atoms with Crippen LogP contribution in [0.5, 0.6) is 0 Å². The molecular weight excluding hydrogens is 386 g/mol. The summed E-state index contributed by atoms with van der Waals surface area (Å²) in [4.78, 5) is 24.0. The molecular formula is C19H18ClN3OS2. The van der Waals surface area contributed by atoms with E-state index in [1.54, 1.807) is 11.3 Å². The van der Waals surface area contributed by atoms with Gasteiger partial charge in [0.05, 0.1) is 5.75 Å². The van der Waals surface area contributed by atoms with Gasteiger partial charge in [0.1, 0.15) is 15.7 Å². The highest BCUT2D eigenvalue weighted by Crippen LogP contribution is 2.40. The Bertz CT molecular complexity index is 969. The number of benzene rings is 1. The number of hydrogen-bond acceptors (Lipinski definition) is 5. The first-order valence-corrected chi connectivity index (χ1v) is 10.7. The number of nitrogens with one attached hydrogen (secondary N) is 1. The van der Waals surface area contributed by atoms with E-state index >= 15 is 0 Å². The van der Waals surface area contributed by atoms with E-state index in [0.29, 0.717) is 17.3 Å². The lowest BCUT2D eigenvalue weighted by atomic mass is 10.2. The zero-order valence-corrected chi connectivity index (χ0v) is 16.7. The summed E-state index contributed by atoms with van der Waals surface area (Å²) >= 11 is 9.17. The number of carbonyl (C=O) groups is 1. The summed E-state index contributed by atoms with van der Waals surface area (Å²) in [6.45, 7) is 2.41. The fourth-order valence-corrected chi connectivity index (χ4v) is 5.58. The molecule has 0 spiro atoms. The number of amides is 1. The fraction of sp³-hybridized carbons (Fsp3) is 0.316. The Morgan fingerprint density at radius 2 is 2.08 bits per heavy atom. The number of hydrogen-bond donors (Lipinski definition) is 1. The second-order valence-corrected chi connectivity index (χ2v) is 8.79. The van der Waals surface area contributed by atoms with Crippen LogP contribution in [0.3, 0.4) is 0 Å². The summed E-state index contributed by atoms with van der Waals surface area (Å²) in [6.07, 6.45) is 3.44. The van der Waals surface area contributed by atoms with E-state index in [0.717, 1.165) is 34.1 Å². The topological polar surface area (TPSA) is 54.9 Å². The summed E-state index contributed by atoms with van der Waals surface area (Å²) in [5, 5.41) is 5.76. The van der Waals surface area contributed by atoms with Crippen molar-refractivity contribution in [2.24, 2.45) is 0 Å². The standard InChI is InChI=1S/C19H18ClN3OS2/c1-11-22-18(17-14-3-2-4-15(14)26-19(17)23-11)25-10-16(24)21-9-12-5-7-13(20)8-6-12/h5-8H,2-4,9-10H2,1H3,(H,21,24). The molecule has 1 aliphatic rings. The minimum absolute atomic E-state index is 0.00115. The molecule has 0 saturated heterocycles. The zero-order chi connectivity index (χ0) is 18.1. The summed E-state index contributed by atoms with van der Waals surface area (Å²) in [6, 6.07) is 7.49. The van der Waals surface area contributed by atoms with Crippen molar-refractivity contribution < 1.29 is 4.79 Å². The molecule has 0 bridgehead atoms. The molecule has 1 aliphatic carbocycles. The van der Waals surface area contributed by atoms with Gasteiger partial charge in [0.15, 0.2) is 0 Å². The maximum Gasteiger partial charge on any atom is 0.230 e. The van der Waals surface area contributed by atoms with Gasteiger partial charge in [-0.1, -0.05) is 35.5 Å². The van der Waals surface area contributed by atoms with Crippen LogP contribution < -0.4 is 5.32 Å². The van der Waals surface area contributed by atoms with Crippen LogP contribution in [0.2, 0.25) is 5.02 Å². The normalized spacial score (nSPS) is 13.2. The van der Waals surface area contributed by atoms with Crippen molar-refractivity contribution in [1.82, 2.24) is 15.3 Å². The highest BCUT2D eigenvalue weighted by atomic mass is 35.5. The van der Waals surface area contributed by atoms with E-state index in [2.05, 4.69) is 15.3 Å². The van der Waals surface area contributed by atoms with Crippen LogP contribution in [0, 0.1) is 6.92 Å². The predicted molar refractivity (Wildman–Crippen MR) is 108 cm³/mol. The maximum atomic E-state index is 12.3. The lowest BCUT2D eigenvalue weighted by Gasteiger charge is -2.07. The Labute approximate surface area is 165 Å². The number of aryl methyl sites for hydroxylation is 3. The molecule has 7 heteroatoms. The first-order valence-electron chi connectivity index (χ1n) is 8.53. The molecule has 0 atom stereocenters. The summed E-state index contributed by atoms with van der Waals surface area (Å²) in [5.74, 6) is 1.12. The number of halogens is 1. The molecule has 2 aromatic heterocycles. The summed E-state index contributed by atoms with van der Waals surface area (Å²) < 4.78 is 0. The number of nitrogens with zero attached hydrogens (tertiary/aromatic N) is 2. The first kappa shape index (κ1) is 17.8. The third-order valence-electron chi connectivity index (χ3n) is 4.39. The fourth-order valence-electron chi connectivity index (χ4n) is 3.16. The second-order valence-electron chi connectivity index (χ2n) is 6.31. The molecule has 0 aliphatic heterocycles. The van der Waals surface area contributed by atoms with Crippen molar-refractivity contribution in [3.8, 4) is 0 Å². The van der Waals surface area contributed by atoms with Crippen LogP contribution in [0.4, 0.5) is 0 Å². The molecule has 0 saturated carbocycles. The molecule has 0 unspecified atom stereocenters. The van der Waals surface area contributed by atoms with Crippen LogP contribution >= 0.6 is 34.7 Å². The van der Waals surface area contributed by atoms with E-state index in [4.69, 9.17) is 11.6 Å². The number of fused-ring (bicyclic) bond motifs is 3. The second kappa shape index (κ2) is 7.55.